The molecule has 1 aliphatic heterocycles. The van der Waals surface area contributed by atoms with Gasteiger partial charge >= 0.3 is 6.18 Å². The van der Waals surface area contributed by atoms with Gasteiger partial charge in [-0.15, -0.1) is 0 Å². The number of hydrogen-bond acceptors (Lipinski definition) is 3. The van der Waals surface area contributed by atoms with Crippen molar-refractivity contribution in [3.05, 3.63) is 64.7 Å². The lowest BCUT2D eigenvalue weighted by Gasteiger charge is -2.31. The number of carbonyl (C=O) groups excluding carboxylic acids is 1. The van der Waals surface area contributed by atoms with E-state index in [0.717, 1.165) is 17.7 Å². The Kier molecular flexibility index (Phi) is 7.84. The summed E-state index contributed by atoms with van der Waals surface area (Å²) in [4.78, 5) is 12.6. The highest BCUT2D eigenvalue weighted by Crippen LogP contribution is 2.36. The molecule has 0 unspecified atom stereocenters. The molecule has 0 aromatic heterocycles. The summed E-state index contributed by atoms with van der Waals surface area (Å²) in [6, 6.07) is 12.7. The second-order valence-electron chi connectivity index (χ2n) is 7.78. The molecule has 1 N–H and O–H groups in total. The van der Waals surface area contributed by atoms with Gasteiger partial charge in [0.15, 0.2) is 0 Å². The van der Waals surface area contributed by atoms with E-state index in [9.17, 15) is 26.4 Å². The predicted molar refractivity (Wildman–Crippen MR) is 118 cm³/mol. The van der Waals surface area contributed by atoms with Crippen LogP contribution in [0.15, 0.2) is 48.5 Å². The van der Waals surface area contributed by atoms with Crippen molar-refractivity contribution in [3.63, 3.8) is 0 Å². The molecular formula is C22H24ClF3N2O3S. The standard InChI is InChI=1S/C22H24ClF3N2O3S/c23-20-11-10-18(14-19(20)22(24,25)26)27-21(29)17-9-4-12-28(15-17)32(30,31)13-5-8-16-6-2-1-3-7-16/h1-3,6-7,10-11,14,17H,4-5,8-9,12-13,15H2,(H,27,29)/t17-/m1/s1. The number of aryl methyl sites for hydroxylation is 1. The van der Waals surface area contributed by atoms with E-state index in [2.05, 4.69) is 5.32 Å². The number of alkyl halides is 3. The summed E-state index contributed by atoms with van der Waals surface area (Å²) in [5, 5.41) is 2.01. The van der Waals surface area contributed by atoms with E-state index in [-0.39, 0.29) is 18.0 Å². The Labute approximate surface area is 190 Å². The lowest BCUT2D eigenvalue weighted by molar-refractivity contribution is -0.137. The van der Waals surface area contributed by atoms with Crippen LogP contribution >= 0.6 is 11.6 Å². The molecule has 2 aromatic carbocycles. The van der Waals surface area contributed by atoms with E-state index >= 15 is 0 Å². The van der Waals surface area contributed by atoms with Crippen LogP contribution in [-0.2, 0) is 27.4 Å². The van der Waals surface area contributed by atoms with Gasteiger partial charge < -0.3 is 5.32 Å². The number of amides is 1. The average Bonchev–Trinajstić information content (AvgIpc) is 2.75. The Morgan fingerprint density at radius 2 is 1.88 bits per heavy atom. The Morgan fingerprint density at radius 1 is 1.16 bits per heavy atom. The van der Waals surface area contributed by atoms with Crippen LogP contribution in [0, 0.1) is 5.92 Å². The van der Waals surface area contributed by atoms with Crippen molar-refractivity contribution in [2.75, 3.05) is 24.2 Å². The van der Waals surface area contributed by atoms with Crippen molar-refractivity contribution in [1.29, 1.82) is 0 Å². The zero-order valence-corrected chi connectivity index (χ0v) is 18.8. The third-order valence-corrected chi connectivity index (χ3v) is 7.65. The number of piperidine rings is 1. The summed E-state index contributed by atoms with van der Waals surface area (Å²) in [6.07, 6.45) is -2.58. The van der Waals surface area contributed by atoms with Crippen molar-refractivity contribution in [2.45, 2.75) is 31.9 Å². The molecule has 1 fully saturated rings. The summed E-state index contributed by atoms with van der Waals surface area (Å²) in [5.41, 5.74) is -0.0161. The maximum Gasteiger partial charge on any atom is 0.417 e. The zero-order valence-electron chi connectivity index (χ0n) is 17.2. The average molecular weight is 489 g/mol. The molecule has 1 atom stereocenters. The lowest BCUT2D eigenvalue weighted by atomic mass is 9.98. The maximum absolute atomic E-state index is 13.0. The number of hydrogen-bond donors (Lipinski definition) is 1. The number of anilines is 1. The van der Waals surface area contributed by atoms with Crippen LogP contribution in [0.3, 0.4) is 0 Å². The summed E-state index contributed by atoms with van der Waals surface area (Å²) in [7, 11) is -3.54. The van der Waals surface area contributed by atoms with Crippen molar-refractivity contribution >= 4 is 33.2 Å². The first-order chi connectivity index (χ1) is 15.1. The van der Waals surface area contributed by atoms with E-state index < -0.39 is 38.6 Å². The van der Waals surface area contributed by atoms with Gasteiger partial charge in [-0.3, -0.25) is 4.79 Å². The fourth-order valence-corrected chi connectivity index (χ4v) is 5.51. The quantitative estimate of drug-likeness (QED) is 0.598. The Morgan fingerprint density at radius 3 is 2.56 bits per heavy atom. The monoisotopic (exact) mass is 488 g/mol. The van der Waals surface area contributed by atoms with E-state index in [4.69, 9.17) is 11.6 Å². The molecule has 1 heterocycles. The Bertz CT molecular complexity index is 1050. The zero-order chi connectivity index (χ0) is 23.4. The van der Waals surface area contributed by atoms with Crippen molar-refractivity contribution in [3.8, 4) is 0 Å². The highest BCUT2D eigenvalue weighted by atomic mass is 35.5. The minimum absolute atomic E-state index is 0.0131. The van der Waals surface area contributed by atoms with Crippen LogP contribution in [0.4, 0.5) is 18.9 Å². The lowest BCUT2D eigenvalue weighted by Crippen LogP contribution is -2.44. The SMILES string of the molecule is O=C(Nc1ccc(Cl)c(C(F)(F)F)c1)[C@@H]1CCCN(S(=O)(=O)CCCc2ccccc2)C1. The van der Waals surface area contributed by atoms with Gasteiger partial charge in [0, 0.05) is 18.8 Å². The molecule has 174 valence electrons. The Balaban J connectivity index is 1.59. The van der Waals surface area contributed by atoms with Gasteiger partial charge in [-0.05, 0) is 49.4 Å². The van der Waals surface area contributed by atoms with Gasteiger partial charge in [0.05, 0.1) is 22.3 Å². The summed E-state index contributed by atoms with van der Waals surface area (Å²) < 4.78 is 65.9. The van der Waals surface area contributed by atoms with Crippen molar-refractivity contribution in [2.24, 2.45) is 5.92 Å². The fourth-order valence-electron chi connectivity index (χ4n) is 3.71. The third kappa shape index (κ3) is 6.46. The molecule has 0 spiro atoms. The molecule has 2 aromatic rings. The molecular weight excluding hydrogens is 465 g/mol. The van der Waals surface area contributed by atoms with Gasteiger partial charge in [0.25, 0.3) is 0 Å². The van der Waals surface area contributed by atoms with Crippen LogP contribution in [0.1, 0.15) is 30.4 Å². The minimum atomic E-state index is -4.65. The van der Waals surface area contributed by atoms with Gasteiger partial charge in [-0.2, -0.15) is 13.2 Å². The summed E-state index contributed by atoms with van der Waals surface area (Å²) in [5.74, 6) is -1.18. The molecule has 0 aliphatic carbocycles. The van der Waals surface area contributed by atoms with E-state index in [1.807, 2.05) is 30.3 Å². The first kappa shape index (κ1) is 24.5. The van der Waals surface area contributed by atoms with Gasteiger partial charge in [-0.25, -0.2) is 12.7 Å². The number of nitrogens with zero attached hydrogens (tertiary/aromatic N) is 1. The highest BCUT2D eigenvalue weighted by molar-refractivity contribution is 7.89. The molecule has 0 saturated carbocycles. The summed E-state index contributed by atoms with van der Waals surface area (Å²) >= 11 is 5.61. The Hall–Kier alpha value is -2.10. The second-order valence-corrected chi connectivity index (χ2v) is 10.3. The maximum atomic E-state index is 13.0. The minimum Gasteiger partial charge on any atom is -0.326 e. The molecule has 5 nitrogen and oxygen atoms in total. The van der Waals surface area contributed by atoms with Gasteiger partial charge in [0.1, 0.15) is 0 Å². The van der Waals surface area contributed by atoms with E-state index in [1.165, 1.54) is 10.4 Å². The molecule has 0 radical (unpaired) electrons. The number of benzene rings is 2. The second kappa shape index (κ2) is 10.2. The molecule has 0 bridgehead atoms. The highest BCUT2D eigenvalue weighted by Gasteiger charge is 2.35. The topological polar surface area (TPSA) is 66.5 Å². The number of nitrogens with one attached hydrogen (secondary N) is 1. The molecule has 32 heavy (non-hydrogen) atoms. The van der Waals surface area contributed by atoms with Gasteiger partial charge in [-0.1, -0.05) is 41.9 Å². The molecule has 10 heteroatoms. The first-order valence-electron chi connectivity index (χ1n) is 10.3. The number of sulfonamides is 1. The third-order valence-electron chi connectivity index (χ3n) is 5.40. The smallest absolute Gasteiger partial charge is 0.326 e. The van der Waals surface area contributed by atoms with Crippen LogP contribution in [-0.4, -0.2) is 37.5 Å². The molecule has 1 amide bonds. The van der Waals surface area contributed by atoms with Crippen molar-refractivity contribution in [1.82, 2.24) is 4.31 Å². The van der Waals surface area contributed by atoms with Crippen LogP contribution < -0.4 is 5.32 Å². The number of halogens is 4. The molecule has 3 rings (SSSR count). The van der Waals surface area contributed by atoms with Gasteiger partial charge in [0.2, 0.25) is 15.9 Å². The fraction of sp³-hybridized carbons (Fsp3) is 0.409. The van der Waals surface area contributed by atoms with Crippen LogP contribution in [0.2, 0.25) is 5.02 Å². The van der Waals surface area contributed by atoms with Crippen molar-refractivity contribution < 1.29 is 26.4 Å². The van der Waals surface area contributed by atoms with Crippen LogP contribution in [0.25, 0.3) is 0 Å². The predicted octanol–water partition coefficient (Wildman–Crippen LogP) is 4.97. The van der Waals surface area contributed by atoms with Crippen LogP contribution in [0.5, 0.6) is 0 Å². The number of carbonyl (C=O) groups is 1. The van der Waals surface area contributed by atoms with E-state index in [0.29, 0.717) is 32.2 Å². The number of rotatable bonds is 7. The largest absolute Gasteiger partial charge is 0.417 e. The molecule has 1 aliphatic rings. The summed E-state index contributed by atoms with van der Waals surface area (Å²) in [6.45, 7) is 0.343. The first-order valence-corrected chi connectivity index (χ1v) is 12.2. The van der Waals surface area contributed by atoms with E-state index in [1.54, 1.807) is 0 Å². The molecule has 1 saturated heterocycles. The normalized spacial score (nSPS) is 17.8.